The van der Waals surface area contributed by atoms with E-state index in [1.165, 1.54) is 0 Å². The molecule has 0 aliphatic heterocycles. The zero-order valence-corrected chi connectivity index (χ0v) is 6.36. The lowest BCUT2D eigenvalue weighted by Gasteiger charge is -2.00. The average molecular weight is 154 g/mol. The van der Waals surface area contributed by atoms with E-state index in [1.54, 1.807) is 24.1 Å². The van der Waals surface area contributed by atoms with E-state index in [4.69, 9.17) is 4.74 Å². The van der Waals surface area contributed by atoms with E-state index in [-0.39, 0.29) is 0 Å². The van der Waals surface area contributed by atoms with Crippen LogP contribution in [0.2, 0.25) is 0 Å². The van der Waals surface area contributed by atoms with Crippen LogP contribution in [0, 0.1) is 0 Å². The Hall–Kier alpha value is -1.16. The zero-order valence-electron chi connectivity index (χ0n) is 6.36. The van der Waals surface area contributed by atoms with Crippen LogP contribution >= 0.6 is 0 Å². The molecule has 0 aliphatic carbocycles. The van der Waals surface area contributed by atoms with E-state index < -0.39 is 0 Å². The second-order valence-electron chi connectivity index (χ2n) is 2.09. The summed E-state index contributed by atoms with van der Waals surface area (Å²) >= 11 is 0. The molecule has 0 unspecified atom stereocenters. The molecule has 0 aliphatic rings. The van der Waals surface area contributed by atoms with Crippen molar-refractivity contribution in [1.82, 2.24) is 9.78 Å². The average Bonchev–Trinajstić information content (AvgIpc) is 2.47. The van der Waals surface area contributed by atoms with Crippen molar-refractivity contribution in [2.75, 3.05) is 13.7 Å². The number of hydrogen-bond acceptors (Lipinski definition) is 3. The Morgan fingerprint density at radius 3 is 3.27 bits per heavy atom. The van der Waals surface area contributed by atoms with Gasteiger partial charge in [0.05, 0.1) is 13.2 Å². The first kappa shape index (κ1) is 7.94. The lowest BCUT2D eigenvalue weighted by atomic mass is 10.5. The SMILES string of the molecule is COCCn1nccc1C=O. The lowest BCUT2D eigenvalue weighted by molar-refractivity contribution is 0.111. The summed E-state index contributed by atoms with van der Waals surface area (Å²) < 4.78 is 6.45. The number of hydrogen-bond donors (Lipinski definition) is 0. The first-order chi connectivity index (χ1) is 5.38. The zero-order chi connectivity index (χ0) is 8.10. The van der Waals surface area contributed by atoms with Crippen molar-refractivity contribution in [3.63, 3.8) is 0 Å². The van der Waals surface area contributed by atoms with Gasteiger partial charge in [0.15, 0.2) is 6.29 Å². The summed E-state index contributed by atoms with van der Waals surface area (Å²) in [7, 11) is 1.62. The highest BCUT2D eigenvalue weighted by atomic mass is 16.5. The fourth-order valence-electron chi connectivity index (χ4n) is 0.808. The molecule has 0 N–H and O–H groups in total. The van der Waals surface area contributed by atoms with Crippen LogP contribution in [0.15, 0.2) is 12.3 Å². The van der Waals surface area contributed by atoms with E-state index in [0.717, 1.165) is 6.29 Å². The molecule has 4 nitrogen and oxygen atoms in total. The first-order valence-corrected chi connectivity index (χ1v) is 3.34. The van der Waals surface area contributed by atoms with Crippen molar-refractivity contribution in [3.8, 4) is 0 Å². The Bertz CT molecular complexity index is 232. The van der Waals surface area contributed by atoms with E-state index in [2.05, 4.69) is 5.10 Å². The van der Waals surface area contributed by atoms with Gasteiger partial charge in [-0.1, -0.05) is 0 Å². The number of carbonyl (C=O) groups is 1. The van der Waals surface area contributed by atoms with Crippen LogP contribution in [0.4, 0.5) is 0 Å². The normalized spacial score (nSPS) is 9.91. The number of aromatic nitrogens is 2. The van der Waals surface area contributed by atoms with Crippen LogP contribution in [-0.4, -0.2) is 29.8 Å². The molecule has 0 radical (unpaired) electrons. The fraction of sp³-hybridized carbons (Fsp3) is 0.429. The van der Waals surface area contributed by atoms with Gasteiger partial charge in [0.2, 0.25) is 0 Å². The van der Waals surface area contributed by atoms with Crippen molar-refractivity contribution >= 4 is 6.29 Å². The smallest absolute Gasteiger partial charge is 0.168 e. The van der Waals surface area contributed by atoms with Gasteiger partial charge in [-0.3, -0.25) is 9.48 Å². The number of methoxy groups -OCH3 is 1. The predicted molar refractivity (Wildman–Crippen MR) is 39.5 cm³/mol. The minimum absolute atomic E-state index is 0.572. The van der Waals surface area contributed by atoms with Gasteiger partial charge >= 0.3 is 0 Å². The van der Waals surface area contributed by atoms with E-state index in [9.17, 15) is 4.79 Å². The van der Waals surface area contributed by atoms with Crippen molar-refractivity contribution in [2.45, 2.75) is 6.54 Å². The molecule has 0 atom stereocenters. The molecule has 0 saturated heterocycles. The summed E-state index contributed by atoms with van der Waals surface area (Å²) in [6.45, 7) is 1.19. The van der Waals surface area contributed by atoms with Crippen LogP contribution < -0.4 is 0 Å². The molecule has 1 heterocycles. The standard InChI is InChI=1S/C7H10N2O2/c1-11-5-4-9-7(6-10)2-3-8-9/h2-3,6H,4-5H2,1H3. The molecule has 0 amide bonds. The summed E-state index contributed by atoms with van der Waals surface area (Å²) in [5, 5.41) is 3.93. The molecule has 1 rings (SSSR count). The van der Waals surface area contributed by atoms with Crippen LogP contribution in [0.25, 0.3) is 0 Å². The summed E-state index contributed by atoms with van der Waals surface area (Å²) in [6, 6.07) is 1.67. The molecule has 1 aromatic heterocycles. The second-order valence-corrected chi connectivity index (χ2v) is 2.09. The van der Waals surface area contributed by atoms with E-state index >= 15 is 0 Å². The maximum absolute atomic E-state index is 10.3. The van der Waals surface area contributed by atoms with Gasteiger partial charge in [0.25, 0.3) is 0 Å². The van der Waals surface area contributed by atoms with E-state index in [0.29, 0.717) is 18.8 Å². The third kappa shape index (κ3) is 1.88. The molecule has 0 aromatic carbocycles. The van der Waals surface area contributed by atoms with Gasteiger partial charge in [-0.15, -0.1) is 0 Å². The van der Waals surface area contributed by atoms with Crippen LogP contribution in [-0.2, 0) is 11.3 Å². The number of aldehydes is 1. The summed E-state index contributed by atoms with van der Waals surface area (Å²) in [5.74, 6) is 0. The van der Waals surface area contributed by atoms with Gasteiger partial charge in [-0.05, 0) is 6.07 Å². The van der Waals surface area contributed by atoms with Crippen molar-refractivity contribution in [1.29, 1.82) is 0 Å². The molecule has 0 fully saturated rings. The molecular weight excluding hydrogens is 144 g/mol. The van der Waals surface area contributed by atoms with E-state index in [1.807, 2.05) is 0 Å². The maximum Gasteiger partial charge on any atom is 0.168 e. The third-order valence-electron chi connectivity index (χ3n) is 1.38. The Morgan fingerprint density at radius 1 is 1.82 bits per heavy atom. The monoisotopic (exact) mass is 154 g/mol. The quantitative estimate of drug-likeness (QED) is 0.587. The molecule has 0 saturated carbocycles. The van der Waals surface area contributed by atoms with Gasteiger partial charge in [0, 0.05) is 13.3 Å². The number of rotatable bonds is 4. The minimum Gasteiger partial charge on any atom is -0.383 e. The highest BCUT2D eigenvalue weighted by Gasteiger charge is 1.98. The van der Waals surface area contributed by atoms with Crippen molar-refractivity contribution < 1.29 is 9.53 Å². The number of nitrogens with zero attached hydrogens (tertiary/aromatic N) is 2. The highest BCUT2D eigenvalue weighted by molar-refractivity contribution is 5.71. The Morgan fingerprint density at radius 2 is 2.64 bits per heavy atom. The van der Waals surface area contributed by atoms with Gasteiger partial charge in [-0.2, -0.15) is 5.10 Å². The Balaban J connectivity index is 2.61. The largest absolute Gasteiger partial charge is 0.383 e. The molecule has 1 aromatic rings. The van der Waals surface area contributed by atoms with Gasteiger partial charge < -0.3 is 4.74 Å². The second kappa shape index (κ2) is 3.88. The Kier molecular flexibility index (Phi) is 2.80. The first-order valence-electron chi connectivity index (χ1n) is 3.34. The van der Waals surface area contributed by atoms with Crippen molar-refractivity contribution in [2.24, 2.45) is 0 Å². The van der Waals surface area contributed by atoms with Crippen LogP contribution in [0.5, 0.6) is 0 Å². The van der Waals surface area contributed by atoms with Crippen LogP contribution in [0.3, 0.4) is 0 Å². The van der Waals surface area contributed by atoms with Gasteiger partial charge in [0.1, 0.15) is 5.69 Å². The topological polar surface area (TPSA) is 44.1 Å². The van der Waals surface area contributed by atoms with Crippen LogP contribution in [0.1, 0.15) is 10.5 Å². The minimum atomic E-state index is 0.572. The Labute approximate surface area is 64.8 Å². The van der Waals surface area contributed by atoms with Gasteiger partial charge in [-0.25, -0.2) is 0 Å². The summed E-state index contributed by atoms with van der Waals surface area (Å²) in [6.07, 6.45) is 2.38. The predicted octanol–water partition coefficient (Wildman–Crippen LogP) is 0.342. The maximum atomic E-state index is 10.3. The third-order valence-corrected chi connectivity index (χ3v) is 1.38. The molecule has 0 bridgehead atoms. The summed E-state index contributed by atoms with van der Waals surface area (Å²) in [4.78, 5) is 10.3. The molecule has 11 heavy (non-hydrogen) atoms. The summed E-state index contributed by atoms with van der Waals surface area (Å²) in [5.41, 5.74) is 0.585. The van der Waals surface area contributed by atoms with Crippen molar-refractivity contribution in [3.05, 3.63) is 18.0 Å². The number of carbonyl (C=O) groups excluding carboxylic acids is 1. The molecule has 0 spiro atoms. The fourth-order valence-corrected chi connectivity index (χ4v) is 0.808. The molecular formula is C7H10N2O2. The number of ether oxygens (including phenoxy) is 1. The highest BCUT2D eigenvalue weighted by Crippen LogP contribution is 1.93. The molecule has 4 heteroatoms. The lowest BCUT2D eigenvalue weighted by Crippen LogP contribution is -2.08. The molecule has 60 valence electrons.